The van der Waals surface area contributed by atoms with E-state index in [-0.39, 0.29) is 30.4 Å². The first kappa shape index (κ1) is 31.0. The van der Waals surface area contributed by atoms with Crippen LogP contribution >= 0.6 is 11.6 Å². The number of nitrogens with zero attached hydrogens (tertiary/aromatic N) is 1. The predicted molar refractivity (Wildman–Crippen MR) is 157 cm³/mol. The molecule has 1 heterocycles. The van der Waals surface area contributed by atoms with E-state index < -0.39 is 17.6 Å². The molecule has 1 fully saturated rings. The van der Waals surface area contributed by atoms with E-state index in [4.69, 9.17) is 21.7 Å². The third-order valence-corrected chi connectivity index (χ3v) is 6.77. The Morgan fingerprint density at radius 2 is 1.75 bits per heavy atom. The lowest BCUT2D eigenvalue weighted by Gasteiger charge is -2.28. The van der Waals surface area contributed by atoms with Gasteiger partial charge in [-0.05, 0) is 87.9 Å². The molecule has 0 aliphatic carbocycles. The number of rotatable bonds is 9. The zero-order valence-corrected chi connectivity index (χ0v) is 24.1. The monoisotopic (exact) mass is 567 g/mol. The van der Waals surface area contributed by atoms with E-state index in [1.54, 1.807) is 47.4 Å². The molecular formula is C31H38ClN3O5. The van der Waals surface area contributed by atoms with Gasteiger partial charge in [-0.1, -0.05) is 41.4 Å². The van der Waals surface area contributed by atoms with Crippen molar-refractivity contribution >= 4 is 40.8 Å². The fourth-order valence-electron chi connectivity index (χ4n) is 4.42. The van der Waals surface area contributed by atoms with Crippen LogP contribution in [0.1, 0.15) is 51.2 Å². The van der Waals surface area contributed by atoms with Crippen molar-refractivity contribution in [1.82, 2.24) is 4.90 Å². The van der Waals surface area contributed by atoms with Crippen molar-refractivity contribution in [2.75, 3.05) is 25.0 Å². The molecule has 0 aromatic heterocycles. The lowest BCUT2D eigenvalue weighted by molar-refractivity contribution is -0.114. The Labute approximate surface area is 240 Å². The maximum atomic E-state index is 12.8. The topological polar surface area (TPSA) is 120 Å². The number of carbonyl (C=O) groups excluding carboxylic acids is 3. The van der Waals surface area contributed by atoms with E-state index in [2.05, 4.69) is 5.32 Å². The molecule has 0 saturated carbocycles. The molecule has 0 bridgehead atoms. The van der Waals surface area contributed by atoms with E-state index in [9.17, 15) is 19.5 Å². The lowest BCUT2D eigenvalue weighted by Crippen LogP contribution is -2.39. The van der Waals surface area contributed by atoms with Crippen molar-refractivity contribution in [2.24, 2.45) is 5.92 Å². The largest absolute Gasteiger partial charge is 0.444 e. The summed E-state index contributed by atoms with van der Waals surface area (Å²) < 4.78 is 5.48. The minimum atomic E-state index is -0.606. The van der Waals surface area contributed by atoms with Crippen LogP contribution in [0.25, 0.3) is 0 Å². The molecule has 1 aliphatic rings. The Morgan fingerprint density at radius 1 is 1.10 bits per heavy atom. The highest BCUT2D eigenvalue weighted by molar-refractivity contribution is 6.41. The van der Waals surface area contributed by atoms with Crippen LogP contribution in [-0.2, 0) is 27.2 Å². The molecule has 3 N–H and O–H groups in total. The van der Waals surface area contributed by atoms with Gasteiger partial charge in [-0.15, -0.1) is 0 Å². The Morgan fingerprint density at radius 3 is 2.38 bits per heavy atom. The van der Waals surface area contributed by atoms with Crippen molar-refractivity contribution in [3.63, 3.8) is 0 Å². The normalized spacial score (nSPS) is 16.8. The number of aryl methyl sites for hydroxylation is 1. The average molecular weight is 568 g/mol. The second kappa shape index (κ2) is 14.2. The molecule has 40 heavy (non-hydrogen) atoms. The summed E-state index contributed by atoms with van der Waals surface area (Å²) in [6, 6.07) is 14.3. The highest BCUT2D eigenvalue weighted by atomic mass is 35.5. The summed E-state index contributed by atoms with van der Waals surface area (Å²) in [4.78, 5) is 39.4. The molecule has 1 atom stereocenters. The van der Waals surface area contributed by atoms with Gasteiger partial charge in [0.1, 0.15) is 5.60 Å². The number of carbonyl (C=O) groups is 3. The Hall–Kier alpha value is -3.49. The highest BCUT2D eigenvalue weighted by Crippen LogP contribution is 2.24. The molecule has 9 heteroatoms. The molecule has 2 aromatic rings. The number of ketones is 1. The van der Waals surface area contributed by atoms with Crippen LogP contribution in [0.15, 0.2) is 60.2 Å². The fraction of sp³-hybridized carbons (Fsp3) is 0.419. The predicted octanol–water partition coefficient (Wildman–Crippen LogP) is 5.61. The summed E-state index contributed by atoms with van der Waals surface area (Å²) in [5, 5.41) is 21.4. The Kier molecular flexibility index (Phi) is 11.0. The average Bonchev–Trinajstić information content (AvgIpc) is 3.10. The number of likely N-dealkylation sites (tertiary alicyclic amines) is 1. The van der Waals surface area contributed by atoms with Gasteiger partial charge in [-0.3, -0.25) is 15.0 Å². The zero-order valence-electron chi connectivity index (χ0n) is 23.3. The minimum absolute atomic E-state index is 0.0205. The van der Waals surface area contributed by atoms with Crippen LogP contribution in [0.3, 0.4) is 0 Å². The minimum Gasteiger partial charge on any atom is -0.444 e. The molecule has 0 unspecified atom stereocenters. The summed E-state index contributed by atoms with van der Waals surface area (Å²) >= 11 is 5.89. The second-order valence-corrected chi connectivity index (χ2v) is 11.5. The number of hydrogen-bond donors (Lipinski definition) is 3. The molecular weight excluding hydrogens is 530 g/mol. The molecule has 0 radical (unpaired) electrons. The van der Waals surface area contributed by atoms with E-state index in [0.717, 1.165) is 16.7 Å². The molecule has 2 aromatic carbocycles. The first-order valence-corrected chi connectivity index (χ1v) is 13.9. The van der Waals surface area contributed by atoms with Crippen LogP contribution in [-0.4, -0.2) is 58.8 Å². The number of aliphatic hydroxyl groups is 1. The number of allylic oxidation sites excluding steroid dienone is 1. The third-order valence-electron chi connectivity index (χ3n) is 6.52. The Bertz CT molecular complexity index is 1230. The molecule has 0 spiro atoms. The van der Waals surface area contributed by atoms with Crippen LogP contribution in [0.4, 0.5) is 10.5 Å². The standard InChI is InChI=1S/C31H38ClN3O5/c1-31(2,3)40-30(39)35-16-4-5-23(24(19-35)20-36)18-27(37)17-22-8-13-26(14-9-22)34-29(38)28(33)15-10-21-6-11-25(32)12-7-21/h6-9,11-14,18,24,33,36H,4-5,10,15-17,19-20H2,1-3H3,(H,34,38)/b23-18-,33-28?/t24-/m0/s1. The van der Waals surface area contributed by atoms with Gasteiger partial charge in [0.25, 0.3) is 5.91 Å². The summed E-state index contributed by atoms with van der Waals surface area (Å²) in [5.74, 6) is -0.891. The lowest BCUT2D eigenvalue weighted by atomic mass is 9.94. The maximum Gasteiger partial charge on any atom is 0.410 e. The van der Waals surface area contributed by atoms with Gasteiger partial charge in [0.15, 0.2) is 5.78 Å². The molecule has 1 saturated heterocycles. The number of nitrogens with one attached hydrogen (secondary N) is 2. The van der Waals surface area contributed by atoms with Crippen LogP contribution in [0.2, 0.25) is 5.02 Å². The van der Waals surface area contributed by atoms with Crippen molar-refractivity contribution < 1.29 is 24.2 Å². The van der Waals surface area contributed by atoms with Crippen molar-refractivity contribution in [3.8, 4) is 0 Å². The third kappa shape index (κ3) is 9.92. The van der Waals surface area contributed by atoms with E-state index in [1.807, 2.05) is 32.9 Å². The summed E-state index contributed by atoms with van der Waals surface area (Å²) in [6.45, 7) is 6.07. The first-order chi connectivity index (χ1) is 18.9. The van der Waals surface area contributed by atoms with Gasteiger partial charge < -0.3 is 20.1 Å². The quantitative estimate of drug-likeness (QED) is 0.269. The number of benzene rings is 2. The number of ether oxygens (including phenoxy) is 1. The number of aliphatic hydroxyl groups excluding tert-OH is 1. The molecule has 8 nitrogen and oxygen atoms in total. The van der Waals surface area contributed by atoms with Gasteiger partial charge in [-0.25, -0.2) is 4.79 Å². The van der Waals surface area contributed by atoms with Crippen LogP contribution < -0.4 is 5.32 Å². The van der Waals surface area contributed by atoms with E-state index in [1.165, 1.54) is 0 Å². The smallest absolute Gasteiger partial charge is 0.410 e. The number of anilines is 1. The van der Waals surface area contributed by atoms with Crippen LogP contribution in [0.5, 0.6) is 0 Å². The molecule has 1 aliphatic heterocycles. The summed E-state index contributed by atoms with van der Waals surface area (Å²) in [7, 11) is 0. The van der Waals surface area contributed by atoms with Crippen molar-refractivity contribution in [2.45, 2.75) is 58.5 Å². The van der Waals surface area contributed by atoms with E-state index >= 15 is 0 Å². The zero-order chi connectivity index (χ0) is 29.3. The summed E-state index contributed by atoms with van der Waals surface area (Å²) in [5.41, 5.74) is 2.53. The van der Waals surface area contributed by atoms with Gasteiger partial charge in [0.2, 0.25) is 0 Å². The number of hydrogen-bond acceptors (Lipinski definition) is 6. The van der Waals surface area contributed by atoms with Gasteiger partial charge in [0.05, 0.1) is 12.3 Å². The maximum absolute atomic E-state index is 12.8. The Balaban J connectivity index is 1.52. The SMILES string of the molecule is CC(C)(C)OC(=O)N1CCC/C(=C/C(=O)Cc2ccc(NC(=O)C(=N)CCc3ccc(Cl)cc3)cc2)[C@H](CO)C1. The van der Waals surface area contributed by atoms with Gasteiger partial charge >= 0.3 is 6.09 Å². The fourth-order valence-corrected chi connectivity index (χ4v) is 4.54. The number of halogens is 1. The van der Waals surface area contributed by atoms with Gasteiger partial charge in [0, 0.05) is 36.1 Å². The number of amides is 2. The van der Waals surface area contributed by atoms with E-state index in [0.29, 0.717) is 49.5 Å². The highest BCUT2D eigenvalue weighted by Gasteiger charge is 2.28. The van der Waals surface area contributed by atoms with Crippen molar-refractivity contribution in [1.29, 1.82) is 5.41 Å². The van der Waals surface area contributed by atoms with Crippen molar-refractivity contribution in [3.05, 3.63) is 76.3 Å². The second-order valence-electron chi connectivity index (χ2n) is 11.0. The summed E-state index contributed by atoms with van der Waals surface area (Å²) in [6.07, 6.45) is 3.51. The molecule has 3 rings (SSSR count). The van der Waals surface area contributed by atoms with Gasteiger partial charge in [-0.2, -0.15) is 0 Å². The first-order valence-electron chi connectivity index (χ1n) is 13.5. The molecule has 2 amide bonds. The van der Waals surface area contributed by atoms with Crippen LogP contribution in [0, 0.1) is 11.3 Å². The molecule has 214 valence electrons.